The summed E-state index contributed by atoms with van der Waals surface area (Å²) in [5.74, 6) is -1.22. The largest absolute Gasteiger partial charge is 0.468 e. The molecule has 0 saturated heterocycles. The Morgan fingerprint density at radius 2 is 1.90 bits per heavy atom. The lowest BCUT2D eigenvalue weighted by molar-refractivity contribution is -0.163. The number of carbonyl (C=O) groups is 2. The Kier molecular flexibility index (Phi) is 6.34. The van der Waals surface area contributed by atoms with Gasteiger partial charge in [-0.05, 0) is 25.7 Å². The van der Waals surface area contributed by atoms with Gasteiger partial charge in [-0.3, -0.25) is 14.6 Å². The van der Waals surface area contributed by atoms with E-state index >= 15 is 0 Å². The Hall–Kier alpha value is -1.91. The van der Waals surface area contributed by atoms with E-state index < -0.39 is 17.4 Å². The molecule has 0 amide bonds. The van der Waals surface area contributed by atoms with Crippen molar-refractivity contribution >= 4 is 17.7 Å². The first kappa shape index (κ1) is 17.1. The van der Waals surface area contributed by atoms with Gasteiger partial charge in [-0.1, -0.05) is 12.2 Å². The van der Waals surface area contributed by atoms with Gasteiger partial charge < -0.3 is 9.47 Å². The highest BCUT2D eigenvalue weighted by Gasteiger charge is 2.56. The van der Waals surface area contributed by atoms with Gasteiger partial charge in [0.2, 0.25) is 5.41 Å². The van der Waals surface area contributed by atoms with Crippen molar-refractivity contribution in [3.63, 3.8) is 0 Å². The van der Waals surface area contributed by atoms with Crippen LogP contribution in [0.1, 0.15) is 32.1 Å². The molecular weight excluding hydrogens is 270 g/mol. The zero-order valence-corrected chi connectivity index (χ0v) is 12.8. The lowest BCUT2D eigenvalue weighted by atomic mass is 9.78. The molecule has 5 nitrogen and oxygen atoms in total. The molecule has 0 aromatic carbocycles. The van der Waals surface area contributed by atoms with E-state index in [1.165, 1.54) is 14.2 Å². The van der Waals surface area contributed by atoms with Crippen molar-refractivity contribution in [2.45, 2.75) is 38.1 Å². The maximum Gasteiger partial charge on any atom is 0.329 e. The Bertz CT molecular complexity index is 437. The average molecular weight is 293 g/mol. The number of methoxy groups -OCH3 is 2. The van der Waals surface area contributed by atoms with Gasteiger partial charge in [-0.2, -0.15) is 0 Å². The van der Waals surface area contributed by atoms with Crippen LogP contribution in [0.2, 0.25) is 0 Å². The van der Waals surface area contributed by atoms with Crippen molar-refractivity contribution in [3.05, 3.63) is 25.3 Å². The van der Waals surface area contributed by atoms with E-state index in [0.717, 1.165) is 19.3 Å². The summed E-state index contributed by atoms with van der Waals surface area (Å²) in [7, 11) is 2.53. The first-order valence-corrected chi connectivity index (χ1v) is 7.04. The van der Waals surface area contributed by atoms with Gasteiger partial charge in [0, 0.05) is 12.1 Å². The molecule has 1 unspecified atom stereocenters. The highest BCUT2D eigenvalue weighted by atomic mass is 16.5. The smallest absolute Gasteiger partial charge is 0.329 e. The summed E-state index contributed by atoms with van der Waals surface area (Å²) >= 11 is 0. The van der Waals surface area contributed by atoms with Crippen LogP contribution in [0.15, 0.2) is 30.3 Å². The SMILES string of the molecule is C=CCCCCC1=NC(C=C)CC1(C(=O)OC)C(=O)OC. The van der Waals surface area contributed by atoms with Crippen molar-refractivity contribution in [3.8, 4) is 0 Å². The molecule has 0 fully saturated rings. The summed E-state index contributed by atoms with van der Waals surface area (Å²) in [4.78, 5) is 29.0. The second kappa shape index (κ2) is 7.76. The molecule has 0 aliphatic carbocycles. The quantitative estimate of drug-likeness (QED) is 0.298. The molecule has 0 saturated carbocycles. The Labute approximate surface area is 125 Å². The minimum absolute atomic E-state index is 0.229. The Balaban J connectivity index is 3.04. The number of aliphatic imine (C=N–C) groups is 1. The second-order valence-electron chi connectivity index (χ2n) is 5.01. The van der Waals surface area contributed by atoms with Crippen LogP contribution in [-0.2, 0) is 19.1 Å². The Morgan fingerprint density at radius 1 is 1.29 bits per heavy atom. The molecule has 5 heteroatoms. The van der Waals surface area contributed by atoms with Crippen LogP contribution in [0.4, 0.5) is 0 Å². The van der Waals surface area contributed by atoms with Crippen LogP contribution in [0.5, 0.6) is 0 Å². The predicted octanol–water partition coefficient (Wildman–Crippen LogP) is 2.46. The van der Waals surface area contributed by atoms with E-state index in [-0.39, 0.29) is 12.5 Å². The van der Waals surface area contributed by atoms with Crippen molar-refractivity contribution in [2.24, 2.45) is 10.4 Å². The third-order valence-electron chi connectivity index (χ3n) is 3.74. The molecule has 0 aromatic heterocycles. The van der Waals surface area contributed by atoms with Crippen LogP contribution in [0, 0.1) is 5.41 Å². The van der Waals surface area contributed by atoms with Gasteiger partial charge in [-0.25, -0.2) is 0 Å². The summed E-state index contributed by atoms with van der Waals surface area (Å²) in [6.45, 7) is 7.37. The van der Waals surface area contributed by atoms with Crippen molar-refractivity contribution in [2.75, 3.05) is 14.2 Å². The van der Waals surface area contributed by atoms with Gasteiger partial charge in [0.05, 0.1) is 20.3 Å². The van der Waals surface area contributed by atoms with E-state index in [1.807, 2.05) is 6.08 Å². The van der Waals surface area contributed by atoms with Crippen LogP contribution >= 0.6 is 0 Å². The fourth-order valence-corrected chi connectivity index (χ4v) is 2.62. The highest BCUT2D eigenvalue weighted by Crippen LogP contribution is 2.38. The number of esters is 2. The normalized spacial score (nSPS) is 19.5. The number of nitrogens with zero attached hydrogens (tertiary/aromatic N) is 1. The fraction of sp³-hybridized carbons (Fsp3) is 0.562. The maximum atomic E-state index is 12.2. The topological polar surface area (TPSA) is 65.0 Å². The summed E-state index contributed by atoms with van der Waals surface area (Å²) < 4.78 is 9.68. The van der Waals surface area contributed by atoms with Gasteiger partial charge in [0.1, 0.15) is 0 Å². The zero-order chi connectivity index (χ0) is 15.9. The molecule has 1 rings (SSSR count). The lowest BCUT2D eigenvalue weighted by Gasteiger charge is -2.25. The standard InChI is InChI=1S/C16H23NO4/c1-5-7-8-9-10-13-16(14(18)20-3,15(19)21-4)11-12(6-2)17-13/h5-6,12H,1-2,7-11H2,3-4H3. The van der Waals surface area contributed by atoms with Gasteiger partial charge >= 0.3 is 11.9 Å². The molecular formula is C16H23NO4. The van der Waals surface area contributed by atoms with Crippen molar-refractivity contribution in [1.29, 1.82) is 0 Å². The molecule has 1 aliphatic heterocycles. The highest BCUT2D eigenvalue weighted by molar-refractivity contribution is 6.23. The first-order chi connectivity index (χ1) is 10.1. The maximum absolute atomic E-state index is 12.2. The molecule has 1 atom stereocenters. The summed E-state index contributed by atoms with van der Waals surface area (Å²) in [6, 6.07) is -0.266. The number of hydrogen-bond acceptors (Lipinski definition) is 5. The minimum Gasteiger partial charge on any atom is -0.468 e. The molecule has 116 valence electrons. The number of rotatable bonds is 8. The van der Waals surface area contributed by atoms with E-state index in [4.69, 9.17) is 9.47 Å². The third kappa shape index (κ3) is 3.40. The Morgan fingerprint density at radius 3 is 2.38 bits per heavy atom. The van der Waals surface area contributed by atoms with Crippen molar-refractivity contribution < 1.29 is 19.1 Å². The monoisotopic (exact) mass is 293 g/mol. The van der Waals surface area contributed by atoms with Gasteiger partial charge in [-0.15, -0.1) is 13.2 Å². The third-order valence-corrected chi connectivity index (χ3v) is 3.74. The number of allylic oxidation sites excluding steroid dienone is 1. The minimum atomic E-state index is -1.42. The van der Waals surface area contributed by atoms with Gasteiger partial charge in [0.25, 0.3) is 0 Å². The van der Waals surface area contributed by atoms with E-state index in [1.54, 1.807) is 6.08 Å². The number of ether oxygens (including phenoxy) is 2. The van der Waals surface area contributed by atoms with E-state index in [0.29, 0.717) is 12.1 Å². The number of carbonyl (C=O) groups excluding carboxylic acids is 2. The molecule has 0 bridgehead atoms. The molecule has 0 N–H and O–H groups in total. The van der Waals surface area contributed by atoms with Crippen LogP contribution < -0.4 is 0 Å². The average Bonchev–Trinajstić information content (AvgIpc) is 2.89. The first-order valence-electron chi connectivity index (χ1n) is 7.04. The van der Waals surface area contributed by atoms with Crippen LogP contribution in [0.25, 0.3) is 0 Å². The molecule has 1 heterocycles. The van der Waals surface area contributed by atoms with Gasteiger partial charge in [0.15, 0.2) is 0 Å². The second-order valence-corrected chi connectivity index (χ2v) is 5.01. The zero-order valence-electron chi connectivity index (χ0n) is 12.8. The molecule has 0 radical (unpaired) electrons. The molecule has 0 aromatic rings. The summed E-state index contributed by atoms with van der Waals surface area (Å²) in [6.07, 6.45) is 6.91. The molecule has 0 spiro atoms. The summed E-state index contributed by atoms with van der Waals surface area (Å²) in [5.41, 5.74) is -0.883. The van der Waals surface area contributed by atoms with Crippen molar-refractivity contribution in [1.82, 2.24) is 0 Å². The van der Waals surface area contributed by atoms with Crippen LogP contribution in [-0.4, -0.2) is 37.9 Å². The van der Waals surface area contributed by atoms with Crippen LogP contribution in [0.3, 0.4) is 0 Å². The number of unbranched alkanes of at least 4 members (excludes halogenated alkanes) is 2. The van der Waals surface area contributed by atoms with E-state index in [9.17, 15) is 9.59 Å². The summed E-state index contributed by atoms with van der Waals surface area (Å²) in [5, 5.41) is 0. The molecule has 21 heavy (non-hydrogen) atoms. The number of hydrogen-bond donors (Lipinski definition) is 0. The molecule has 1 aliphatic rings. The fourth-order valence-electron chi connectivity index (χ4n) is 2.62. The van der Waals surface area contributed by atoms with E-state index in [2.05, 4.69) is 18.2 Å². The predicted molar refractivity (Wildman–Crippen MR) is 81.2 cm³/mol. The lowest BCUT2D eigenvalue weighted by Crippen LogP contribution is -2.46.